The Morgan fingerprint density at radius 3 is 2.50 bits per heavy atom. The van der Waals surface area contributed by atoms with Gasteiger partial charge < -0.3 is 4.90 Å². The average Bonchev–Trinajstić information content (AvgIpc) is 3.26. The van der Waals surface area contributed by atoms with Crippen LogP contribution in [-0.2, 0) is 6.54 Å². The molecular weight excluding hydrogens is 374 g/mol. The molecule has 30 heavy (non-hydrogen) atoms. The van der Waals surface area contributed by atoms with Crippen LogP contribution in [-0.4, -0.2) is 32.6 Å². The van der Waals surface area contributed by atoms with Crippen molar-refractivity contribution in [3.05, 3.63) is 102 Å². The zero-order valence-corrected chi connectivity index (χ0v) is 16.4. The first-order valence-corrected chi connectivity index (χ1v) is 9.45. The highest BCUT2D eigenvalue weighted by Gasteiger charge is 2.22. The number of carbonyl (C=O) groups excluding carboxylic acids is 1. The molecule has 0 saturated heterocycles. The Labute approximate surface area is 174 Å². The van der Waals surface area contributed by atoms with Gasteiger partial charge in [-0.15, -0.1) is 0 Å². The van der Waals surface area contributed by atoms with Gasteiger partial charge in [0, 0.05) is 37.7 Å². The van der Waals surface area contributed by atoms with E-state index in [0.29, 0.717) is 23.4 Å². The van der Waals surface area contributed by atoms with Crippen molar-refractivity contribution in [3.63, 3.8) is 0 Å². The number of hydrogen-bond acceptors (Lipinski definition) is 4. The standard InChI is InChI=1S/C24H19N5O/c1-28(16-19-11-9-18(14-25)10-12-19)24(30)22-17-29(21-7-3-2-4-8-21)27-23(22)20-6-5-13-26-15-20/h2-13,15,17H,16H2,1H3. The third-order valence-corrected chi connectivity index (χ3v) is 4.75. The molecule has 4 aromatic rings. The van der Waals surface area contributed by atoms with Crippen LogP contribution in [0.4, 0.5) is 0 Å². The molecule has 0 spiro atoms. The summed E-state index contributed by atoms with van der Waals surface area (Å²) < 4.78 is 1.71. The lowest BCUT2D eigenvalue weighted by molar-refractivity contribution is 0.0786. The smallest absolute Gasteiger partial charge is 0.257 e. The second-order valence-electron chi connectivity index (χ2n) is 6.88. The molecule has 0 fully saturated rings. The van der Waals surface area contributed by atoms with Gasteiger partial charge in [0.15, 0.2) is 0 Å². The van der Waals surface area contributed by atoms with Crippen LogP contribution < -0.4 is 0 Å². The average molecular weight is 393 g/mol. The number of rotatable bonds is 5. The van der Waals surface area contributed by atoms with Gasteiger partial charge in [0.2, 0.25) is 0 Å². The Morgan fingerprint density at radius 2 is 1.83 bits per heavy atom. The summed E-state index contributed by atoms with van der Waals surface area (Å²) in [6.07, 6.45) is 5.15. The summed E-state index contributed by atoms with van der Waals surface area (Å²) in [7, 11) is 1.76. The van der Waals surface area contributed by atoms with Crippen LogP contribution in [0.5, 0.6) is 0 Å². The molecule has 0 atom stereocenters. The highest BCUT2D eigenvalue weighted by atomic mass is 16.2. The van der Waals surface area contributed by atoms with Gasteiger partial charge in [-0.25, -0.2) is 4.68 Å². The van der Waals surface area contributed by atoms with Gasteiger partial charge >= 0.3 is 0 Å². The van der Waals surface area contributed by atoms with Gasteiger partial charge in [0.05, 0.1) is 22.9 Å². The van der Waals surface area contributed by atoms with Crippen molar-refractivity contribution < 1.29 is 4.79 Å². The summed E-state index contributed by atoms with van der Waals surface area (Å²) in [6, 6.07) is 22.7. The quantitative estimate of drug-likeness (QED) is 0.512. The Balaban J connectivity index is 1.68. The summed E-state index contributed by atoms with van der Waals surface area (Å²) in [5.74, 6) is -0.139. The molecule has 2 heterocycles. The summed E-state index contributed by atoms with van der Waals surface area (Å²) in [5.41, 5.74) is 4.28. The predicted octanol–water partition coefficient (Wildman–Crippen LogP) is 4.08. The maximum absolute atomic E-state index is 13.3. The van der Waals surface area contributed by atoms with Crippen LogP contribution in [0.2, 0.25) is 0 Å². The monoisotopic (exact) mass is 393 g/mol. The van der Waals surface area contributed by atoms with Gasteiger partial charge in [-0.3, -0.25) is 9.78 Å². The number of nitriles is 1. The van der Waals surface area contributed by atoms with E-state index in [1.54, 1.807) is 47.4 Å². The Kier molecular flexibility index (Phi) is 5.35. The fraction of sp³-hybridized carbons (Fsp3) is 0.0833. The normalized spacial score (nSPS) is 10.4. The predicted molar refractivity (Wildman–Crippen MR) is 114 cm³/mol. The lowest BCUT2D eigenvalue weighted by atomic mass is 10.1. The first kappa shape index (κ1) is 19.1. The fourth-order valence-electron chi connectivity index (χ4n) is 3.20. The zero-order valence-electron chi connectivity index (χ0n) is 16.4. The number of amides is 1. The van der Waals surface area contributed by atoms with Gasteiger partial charge in [0.1, 0.15) is 5.69 Å². The number of hydrogen-bond donors (Lipinski definition) is 0. The number of para-hydroxylation sites is 1. The lowest BCUT2D eigenvalue weighted by Gasteiger charge is -2.17. The maximum Gasteiger partial charge on any atom is 0.257 e. The van der Waals surface area contributed by atoms with Gasteiger partial charge in [-0.1, -0.05) is 30.3 Å². The molecule has 2 aromatic carbocycles. The Bertz CT molecular complexity index is 1190. The molecule has 146 valence electrons. The van der Waals surface area contributed by atoms with Gasteiger partial charge in [-0.2, -0.15) is 10.4 Å². The zero-order chi connectivity index (χ0) is 20.9. The lowest BCUT2D eigenvalue weighted by Crippen LogP contribution is -2.26. The third kappa shape index (κ3) is 3.96. The van der Waals surface area contributed by atoms with Gasteiger partial charge in [-0.05, 0) is 42.0 Å². The van der Waals surface area contributed by atoms with Crippen molar-refractivity contribution in [1.82, 2.24) is 19.7 Å². The van der Waals surface area contributed by atoms with Crippen molar-refractivity contribution >= 4 is 5.91 Å². The molecule has 0 bridgehead atoms. The summed E-state index contributed by atoms with van der Waals surface area (Å²) in [4.78, 5) is 19.1. The van der Waals surface area contributed by atoms with Crippen molar-refractivity contribution in [1.29, 1.82) is 5.26 Å². The number of aromatic nitrogens is 3. The second-order valence-corrected chi connectivity index (χ2v) is 6.88. The number of nitrogens with zero attached hydrogens (tertiary/aromatic N) is 5. The highest BCUT2D eigenvalue weighted by molar-refractivity contribution is 5.99. The van der Waals surface area contributed by atoms with E-state index in [9.17, 15) is 4.79 Å². The molecule has 6 nitrogen and oxygen atoms in total. The minimum absolute atomic E-state index is 0.139. The molecule has 2 aromatic heterocycles. The molecule has 0 N–H and O–H groups in total. The summed E-state index contributed by atoms with van der Waals surface area (Å²) in [6.45, 7) is 0.424. The summed E-state index contributed by atoms with van der Waals surface area (Å²) in [5, 5.41) is 13.6. The largest absolute Gasteiger partial charge is 0.337 e. The number of carbonyl (C=O) groups is 1. The minimum atomic E-state index is -0.139. The van der Waals surface area contributed by atoms with E-state index in [1.807, 2.05) is 54.6 Å². The van der Waals surface area contributed by atoms with Crippen molar-refractivity contribution in [3.8, 4) is 23.0 Å². The number of pyridine rings is 1. The van der Waals surface area contributed by atoms with E-state index in [2.05, 4.69) is 16.2 Å². The molecule has 0 aliphatic rings. The highest BCUT2D eigenvalue weighted by Crippen LogP contribution is 2.24. The van der Waals surface area contributed by atoms with E-state index >= 15 is 0 Å². The minimum Gasteiger partial charge on any atom is -0.337 e. The van der Waals surface area contributed by atoms with E-state index in [4.69, 9.17) is 5.26 Å². The van der Waals surface area contributed by atoms with Crippen LogP contribution >= 0.6 is 0 Å². The van der Waals surface area contributed by atoms with Crippen LogP contribution in [0.1, 0.15) is 21.5 Å². The van der Waals surface area contributed by atoms with Crippen LogP contribution in [0, 0.1) is 11.3 Å². The summed E-state index contributed by atoms with van der Waals surface area (Å²) >= 11 is 0. The van der Waals surface area contributed by atoms with Crippen LogP contribution in [0.25, 0.3) is 16.9 Å². The fourth-order valence-corrected chi connectivity index (χ4v) is 3.20. The van der Waals surface area contributed by atoms with E-state index in [1.165, 1.54) is 0 Å². The van der Waals surface area contributed by atoms with Crippen LogP contribution in [0.15, 0.2) is 85.3 Å². The molecule has 4 rings (SSSR count). The molecular formula is C24H19N5O. The van der Waals surface area contributed by atoms with E-state index in [-0.39, 0.29) is 5.91 Å². The molecule has 6 heteroatoms. The molecule has 0 unspecified atom stereocenters. The second kappa shape index (κ2) is 8.41. The van der Waals surface area contributed by atoms with E-state index < -0.39 is 0 Å². The Morgan fingerprint density at radius 1 is 1.07 bits per heavy atom. The van der Waals surface area contributed by atoms with Crippen LogP contribution in [0.3, 0.4) is 0 Å². The van der Waals surface area contributed by atoms with E-state index in [0.717, 1.165) is 16.8 Å². The Hall–Kier alpha value is -4.24. The van der Waals surface area contributed by atoms with Gasteiger partial charge in [0.25, 0.3) is 5.91 Å². The molecule has 0 saturated carbocycles. The first-order chi connectivity index (χ1) is 14.7. The maximum atomic E-state index is 13.3. The molecule has 1 amide bonds. The topological polar surface area (TPSA) is 74.8 Å². The molecule has 0 radical (unpaired) electrons. The molecule has 0 aliphatic heterocycles. The van der Waals surface area contributed by atoms with Crippen molar-refractivity contribution in [2.45, 2.75) is 6.54 Å². The third-order valence-electron chi connectivity index (χ3n) is 4.75. The SMILES string of the molecule is CN(Cc1ccc(C#N)cc1)C(=O)c1cn(-c2ccccc2)nc1-c1cccnc1. The van der Waals surface area contributed by atoms with Crippen molar-refractivity contribution in [2.75, 3.05) is 7.05 Å². The first-order valence-electron chi connectivity index (χ1n) is 9.45. The van der Waals surface area contributed by atoms with Crippen molar-refractivity contribution in [2.24, 2.45) is 0 Å². The molecule has 0 aliphatic carbocycles. The number of benzene rings is 2.